The third-order valence-corrected chi connectivity index (χ3v) is 2.99. The molecule has 0 unspecified atom stereocenters. The van der Waals surface area contributed by atoms with Gasteiger partial charge in [-0.15, -0.1) is 0 Å². The predicted molar refractivity (Wildman–Crippen MR) is 73.2 cm³/mol. The van der Waals surface area contributed by atoms with Crippen molar-refractivity contribution in [2.75, 3.05) is 11.6 Å². The molecule has 0 aliphatic heterocycles. The van der Waals surface area contributed by atoms with Crippen molar-refractivity contribution >= 4 is 35.0 Å². The molecule has 1 amide bonds. The van der Waals surface area contributed by atoms with Gasteiger partial charge in [-0.05, 0) is 18.4 Å². The second kappa shape index (κ2) is 5.84. The average molecular weight is 280 g/mol. The highest BCUT2D eigenvalue weighted by Gasteiger charge is 2.14. The summed E-state index contributed by atoms with van der Waals surface area (Å²) in [5.41, 5.74) is 0.878. The number of carbonyl (C=O) groups excluding carboxylic acids is 1. The molecule has 0 radical (unpaired) electrons. The number of nitrogens with zero attached hydrogens (tertiary/aromatic N) is 2. The summed E-state index contributed by atoms with van der Waals surface area (Å²) in [6, 6.07) is 9.14. The molecule has 2 aromatic rings. The summed E-state index contributed by atoms with van der Waals surface area (Å²) < 4.78 is 0. The van der Waals surface area contributed by atoms with Crippen molar-refractivity contribution in [3.05, 3.63) is 47.2 Å². The first-order valence-electron chi connectivity index (χ1n) is 5.13. The van der Waals surface area contributed by atoms with Gasteiger partial charge in [-0.1, -0.05) is 41.6 Å². The van der Waals surface area contributed by atoms with E-state index in [1.165, 1.54) is 18.0 Å². The van der Waals surface area contributed by atoms with E-state index in [4.69, 9.17) is 11.6 Å². The highest BCUT2D eigenvalue weighted by Crippen LogP contribution is 2.18. The molecule has 0 fully saturated rings. The zero-order chi connectivity index (χ0) is 13.0. The van der Waals surface area contributed by atoms with Gasteiger partial charge in [0.25, 0.3) is 5.91 Å². The maximum atomic E-state index is 12.0. The number of hydrogen-bond donors (Lipinski definition) is 1. The standard InChI is InChI=1S/C12H10ClN3OS/c1-18-12-14-7-9(13)10(16-12)11(17)15-8-5-3-2-4-6-8/h2-7H,1H3,(H,15,17). The fourth-order valence-corrected chi connectivity index (χ4v) is 1.84. The highest BCUT2D eigenvalue weighted by atomic mass is 35.5. The Morgan fingerprint density at radius 3 is 2.72 bits per heavy atom. The van der Waals surface area contributed by atoms with Gasteiger partial charge in [0.2, 0.25) is 0 Å². The second-order valence-electron chi connectivity index (χ2n) is 3.37. The number of halogens is 1. The predicted octanol–water partition coefficient (Wildman–Crippen LogP) is 3.10. The summed E-state index contributed by atoms with van der Waals surface area (Å²) in [5, 5.41) is 3.48. The minimum Gasteiger partial charge on any atom is -0.321 e. The molecule has 0 spiro atoms. The minimum absolute atomic E-state index is 0.180. The lowest BCUT2D eigenvalue weighted by Crippen LogP contribution is -2.15. The first-order chi connectivity index (χ1) is 8.70. The molecule has 18 heavy (non-hydrogen) atoms. The zero-order valence-corrected chi connectivity index (χ0v) is 11.1. The van der Waals surface area contributed by atoms with Crippen LogP contribution in [-0.4, -0.2) is 22.1 Å². The van der Waals surface area contributed by atoms with E-state index in [1.807, 2.05) is 24.5 Å². The topological polar surface area (TPSA) is 54.9 Å². The molecule has 0 saturated heterocycles. The number of benzene rings is 1. The third kappa shape index (κ3) is 3.00. The smallest absolute Gasteiger partial charge is 0.275 e. The van der Waals surface area contributed by atoms with E-state index < -0.39 is 0 Å². The lowest BCUT2D eigenvalue weighted by molar-refractivity contribution is 0.102. The molecule has 1 heterocycles. The molecule has 1 aromatic heterocycles. The average Bonchev–Trinajstić information content (AvgIpc) is 2.40. The van der Waals surface area contributed by atoms with Crippen LogP contribution in [0.25, 0.3) is 0 Å². The van der Waals surface area contributed by atoms with Gasteiger partial charge in [-0.2, -0.15) is 0 Å². The van der Waals surface area contributed by atoms with Gasteiger partial charge in [0.1, 0.15) is 0 Å². The number of amides is 1. The van der Waals surface area contributed by atoms with E-state index in [9.17, 15) is 4.79 Å². The van der Waals surface area contributed by atoms with Gasteiger partial charge in [-0.25, -0.2) is 9.97 Å². The lowest BCUT2D eigenvalue weighted by atomic mass is 10.3. The first kappa shape index (κ1) is 12.9. The van der Waals surface area contributed by atoms with Gasteiger partial charge in [0.15, 0.2) is 10.9 Å². The van der Waals surface area contributed by atoms with Crippen LogP contribution >= 0.6 is 23.4 Å². The highest BCUT2D eigenvalue weighted by molar-refractivity contribution is 7.98. The van der Waals surface area contributed by atoms with Crippen LogP contribution < -0.4 is 5.32 Å². The Balaban J connectivity index is 2.23. The van der Waals surface area contributed by atoms with Crippen molar-refractivity contribution in [2.45, 2.75) is 5.16 Å². The Bertz CT molecular complexity index is 563. The minimum atomic E-state index is -0.344. The van der Waals surface area contributed by atoms with Gasteiger partial charge in [-0.3, -0.25) is 4.79 Å². The summed E-state index contributed by atoms with van der Waals surface area (Å²) >= 11 is 7.27. The van der Waals surface area contributed by atoms with Gasteiger partial charge in [0.05, 0.1) is 11.2 Å². The van der Waals surface area contributed by atoms with Gasteiger partial charge >= 0.3 is 0 Å². The molecule has 0 aliphatic carbocycles. The number of aromatic nitrogens is 2. The van der Waals surface area contributed by atoms with Crippen molar-refractivity contribution in [3.63, 3.8) is 0 Å². The molecule has 0 atom stereocenters. The summed E-state index contributed by atoms with van der Waals surface area (Å²) in [7, 11) is 0. The fourth-order valence-electron chi connectivity index (χ4n) is 1.32. The molecule has 1 aromatic carbocycles. The molecule has 1 N–H and O–H groups in total. The number of thioether (sulfide) groups is 1. The van der Waals surface area contributed by atoms with E-state index in [-0.39, 0.29) is 16.6 Å². The van der Waals surface area contributed by atoms with Crippen LogP contribution in [0.2, 0.25) is 5.02 Å². The second-order valence-corrected chi connectivity index (χ2v) is 4.55. The van der Waals surface area contributed by atoms with Crippen LogP contribution in [0.1, 0.15) is 10.5 Å². The van der Waals surface area contributed by atoms with Crippen LogP contribution in [0.5, 0.6) is 0 Å². The van der Waals surface area contributed by atoms with Crippen molar-refractivity contribution in [3.8, 4) is 0 Å². The van der Waals surface area contributed by atoms with Crippen LogP contribution in [0, 0.1) is 0 Å². The number of anilines is 1. The Labute approximate surface area is 114 Å². The molecule has 2 rings (SSSR count). The zero-order valence-electron chi connectivity index (χ0n) is 9.55. The summed E-state index contributed by atoms with van der Waals surface area (Å²) in [6.45, 7) is 0. The van der Waals surface area contributed by atoms with E-state index in [0.29, 0.717) is 10.8 Å². The van der Waals surface area contributed by atoms with Crippen molar-refractivity contribution in [2.24, 2.45) is 0 Å². The van der Waals surface area contributed by atoms with Crippen molar-refractivity contribution < 1.29 is 4.79 Å². The quantitative estimate of drug-likeness (QED) is 0.693. The summed E-state index contributed by atoms with van der Waals surface area (Å²) in [5.74, 6) is -0.344. The molecule has 6 heteroatoms. The molecule has 92 valence electrons. The molecule has 0 saturated carbocycles. The number of nitrogens with one attached hydrogen (secondary N) is 1. The van der Waals surface area contributed by atoms with E-state index >= 15 is 0 Å². The van der Waals surface area contributed by atoms with E-state index in [0.717, 1.165) is 0 Å². The Kier molecular flexibility index (Phi) is 4.17. The van der Waals surface area contributed by atoms with Crippen LogP contribution in [-0.2, 0) is 0 Å². The molecular formula is C12H10ClN3OS. The molecule has 0 aliphatic rings. The van der Waals surface area contributed by atoms with Gasteiger partial charge < -0.3 is 5.32 Å². The number of carbonyl (C=O) groups is 1. The largest absolute Gasteiger partial charge is 0.321 e. The Morgan fingerprint density at radius 2 is 2.06 bits per heavy atom. The summed E-state index contributed by atoms with van der Waals surface area (Å²) in [6.07, 6.45) is 3.27. The number of hydrogen-bond acceptors (Lipinski definition) is 4. The summed E-state index contributed by atoms with van der Waals surface area (Å²) in [4.78, 5) is 20.1. The first-order valence-corrected chi connectivity index (χ1v) is 6.74. The van der Waals surface area contributed by atoms with Gasteiger partial charge in [0, 0.05) is 5.69 Å². The van der Waals surface area contributed by atoms with Crippen LogP contribution in [0.3, 0.4) is 0 Å². The normalized spacial score (nSPS) is 10.1. The van der Waals surface area contributed by atoms with Crippen molar-refractivity contribution in [1.82, 2.24) is 9.97 Å². The fraction of sp³-hybridized carbons (Fsp3) is 0.0833. The number of rotatable bonds is 3. The monoisotopic (exact) mass is 279 g/mol. The molecular weight excluding hydrogens is 270 g/mol. The maximum absolute atomic E-state index is 12.0. The van der Waals surface area contributed by atoms with Crippen molar-refractivity contribution in [1.29, 1.82) is 0 Å². The molecule has 0 bridgehead atoms. The SMILES string of the molecule is CSc1ncc(Cl)c(C(=O)Nc2ccccc2)n1. The maximum Gasteiger partial charge on any atom is 0.275 e. The lowest BCUT2D eigenvalue weighted by Gasteiger charge is -2.06. The third-order valence-electron chi connectivity index (χ3n) is 2.15. The molecule has 4 nitrogen and oxygen atoms in total. The van der Waals surface area contributed by atoms with Crippen LogP contribution in [0.4, 0.5) is 5.69 Å². The Morgan fingerprint density at radius 1 is 1.33 bits per heavy atom. The van der Waals surface area contributed by atoms with E-state index in [2.05, 4.69) is 15.3 Å². The van der Waals surface area contributed by atoms with Crippen LogP contribution in [0.15, 0.2) is 41.7 Å². The Hall–Kier alpha value is -1.59. The number of para-hydroxylation sites is 1. The van der Waals surface area contributed by atoms with E-state index in [1.54, 1.807) is 12.1 Å².